The predicted molar refractivity (Wildman–Crippen MR) is 236 cm³/mol. The Labute approximate surface area is 326 Å². The van der Waals surface area contributed by atoms with E-state index in [9.17, 15) is 0 Å². The van der Waals surface area contributed by atoms with Crippen LogP contribution in [0.1, 0.15) is 5.76 Å². The normalized spacial score (nSPS) is 11.9. The lowest BCUT2D eigenvalue weighted by molar-refractivity contribution is 0.605. The van der Waals surface area contributed by atoms with Crippen LogP contribution in [-0.4, -0.2) is 15.0 Å². The fourth-order valence-electron chi connectivity index (χ4n) is 8.10. The molecule has 0 saturated carbocycles. The Morgan fingerprint density at radius 2 is 1.11 bits per heavy atom. The number of furan rings is 1. The molecule has 4 nitrogen and oxygen atoms in total. The highest BCUT2D eigenvalue weighted by molar-refractivity contribution is 7.27. The van der Waals surface area contributed by atoms with Crippen molar-refractivity contribution in [3.63, 3.8) is 0 Å². The van der Waals surface area contributed by atoms with Gasteiger partial charge in [0.1, 0.15) is 11.3 Å². The number of benzene rings is 8. The zero-order chi connectivity index (χ0) is 37.2. The van der Waals surface area contributed by atoms with Crippen molar-refractivity contribution < 1.29 is 4.42 Å². The second-order valence-electron chi connectivity index (χ2n) is 14.0. The van der Waals surface area contributed by atoms with Crippen LogP contribution in [0.4, 0.5) is 0 Å². The second-order valence-corrected chi connectivity index (χ2v) is 15.0. The fraction of sp³-hybridized carbons (Fsp3) is 0. The van der Waals surface area contributed by atoms with Gasteiger partial charge in [-0.2, -0.15) is 0 Å². The first-order valence-electron chi connectivity index (χ1n) is 18.6. The van der Waals surface area contributed by atoms with E-state index in [0.717, 1.165) is 49.6 Å². The predicted octanol–water partition coefficient (Wildman–Crippen LogP) is 14.3. The van der Waals surface area contributed by atoms with Crippen LogP contribution < -0.4 is 0 Å². The molecule has 0 atom stereocenters. The van der Waals surface area contributed by atoms with Crippen molar-refractivity contribution >= 4 is 80.9 Å². The molecule has 8 aromatic carbocycles. The maximum Gasteiger partial charge on any atom is 0.168 e. The summed E-state index contributed by atoms with van der Waals surface area (Å²) in [5.41, 5.74) is 5.57. The van der Waals surface area contributed by atoms with Crippen molar-refractivity contribution in [2.24, 2.45) is 0 Å². The smallest absolute Gasteiger partial charge is 0.168 e. The van der Waals surface area contributed by atoms with Crippen LogP contribution in [-0.2, 0) is 0 Å². The largest absolute Gasteiger partial charge is 0.456 e. The van der Waals surface area contributed by atoms with Crippen LogP contribution in [0.15, 0.2) is 181 Å². The highest BCUT2D eigenvalue weighted by Crippen LogP contribution is 2.47. The Bertz CT molecular complexity index is 3390. The Hall–Kier alpha value is -7.21. The maximum absolute atomic E-state index is 6.71. The van der Waals surface area contributed by atoms with Gasteiger partial charge in [-0.25, -0.2) is 15.0 Å². The molecule has 262 valence electrons. The van der Waals surface area contributed by atoms with E-state index >= 15 is 0 Å². The fourth-order valence-corrected chi connectivity index (χ4v) is 9.46. The number of nitrogens with zero attached hydrogens (tertiary/aromatic N) is 3. The number of hydrogen-bond donors (Lipinski definition) is 0. The number of aromatic nitrogens is 3. The third kappa shape index (κ3) is 5.17. The lowest BCUT2D eigenvalue weighted by Crippen LogP contribution is -2.01. The minimum atomic E-state index is 0.538. The summed E-state index contributed by atoms with van der Waals surface area (Å²) < 4.78 is 9.23. The van der Waals surface area contributed by atoms with Crippen LogP contribution >= 0.6 is 11.3 Å². The summed E-state index contributed by atoms with van der Waals surface area (Å²) in [5.74, 6) is 2.37. The topological polar surface area (TPSA) is 51.8 Å². The summed E-state index contributed by atoms with van der Waals surface area (Å²) in [4.78, 5) is 15.7. The zero-order valence-electron chi connectivity index (χ0n) is 30.1. The molecule has 0 radical (unpaired) electrons. The third-order valence-corrected chi connectivity index (χ3v) is 12.0. The Morgan fingerprint density at radius 1 is 0.482 bits per heavy atom. The van der Waals surface area contributed by atoms with Gasteiger partial charge in [0, 0.05) is 42.2 Å². The van der Waals surface area contributed by atoms with E-state index in [1.807, 2.05) is 59.9 Å². The molecule has 0 fully saturated rings. The number of thiophene rings is 1. The van der Waals surface area contributed by atoms with Crippen molar-refractivity contribution in [1.82, 2.24) is 15.0 Å². The summed E-state index contributed by atoms with van der Waals surface area (Å²) in [5, 5.41) is 10.7. The molecule has 3 aromatic heterocycles. The van der Waals surface area contributed by atoms with Gasteiger partial charge in [-0.15, -0.1) is 11.3 Å². The van der Waals surface area contributed by atoms with Gasteiger partial charge in [0.15, 0.2) is 17.5 Å². The molecule has 0 spiro atoms. The molecule has 0 unspecified atom stereocenters. The van der Waals surface area contributed by atoms with Gasteiger partial charge in [0.2, 0.25) is 0 Å². The minimum Gasteiger partial charge on any atom is -0.456 e. The monoisotopic (exact) mass is 733 g/mol. The first kappa shape index (κ1) is 32.2. The SMILES string of the molecule is C=C/C=C\c1oc2cccc(-c3cccc4c3sc3c5ccccc5ccc43)c2c1-c1nc(-c2ccccc2)nc(-c2ccc3ccc4ccccc4c3c2)n1. The summed E-state index contributed by atoms with van der Waals surface area (Å²) in [6.07, 6.45) is 5.60. The van der Waals surface area contributed by atoms with Gasteiger partial charge >= 0.3 is 0 Å². The zero-order valence-corrected chi connectivity index (χ0v) is 30.9. The Kier molecular flexibility index (Phi) is 7.47. The quantitative estimate of drug-likeness (QED) is 0.126. The molecule has 0 N–H and O–H groups in total. The molecular formula is C51H31N3OS. The number of allylic oxidation sites excluding steroid dienone is 2. The molecule has 56 heavy (non-hydrogen) atoms. The Morgan fingerprint density at radius 3 is 1.95 bits per heavy atom. The first-order valence-corrected chi connectivity index (χ1v) is 19.5. The van der Waals surface area contributed by atoms with E-state index in [1.165, 1.54) is 41.7 Å². The van der Waals surface area contributed by atoms with Gasteiger partial charge in [-0.1, -0.05) is 164 Å². The molecule has 11 aromatic rings. The summed E-state index contributed by atoms with van der Waals surface area (Å²) in [6, 6.07) is 55.4. The van der Waals surface area contributed by atoms with Gasteiger partial charge < -0.3 is 4.42 Å². The Balaban J connectivity index is 1.20. The van der Waals surface area contributed by atoms with Crippen molar-refractivity contribution in [2.75, 3.05) is 0 Å². The maximum atomic E-state index is 6.71. The molecule has 0 aliphatic rings. The molecular weight excluding hydrogens is 703 g/mol. The number of rotatable bonds is 6. The van der Waals surface area contributed by atoms with Crippen molar-refractivity contribution in [1.29, 1.82) is 0 Å². The van der Waals surface area contributed by atoms with Crippen LogP contribution in [0.3, 0.4) is 0 Å². The molecule has 5 heteroatoms. The third-order valence-electron chi connectivity index (χ3n) is 10.7. The average molecular weight is 734 g/mol. The molecule has 0 saturated heterocycles. The van der Waals surface area contributed by atoms with Crippen LogP contribution in [0, 0.1) is 0 Å². The summed E-state index contributed by atoms with van der Waals surface area (Å²) in [7, 11) is 0. The first-order chi connectivity index (χ1) is 27.7. The van der Waals surface area contributed by atoms with Gasteiger partial charge in [-0.3, -0.25) is 0 Å². The lowest BCUT2D eigenvalue weighted by atomic mass is 9.96. The van der Waals surface area contributed by atoms with Gasteiger partial charge in [0.25, 0.3) is 0 Å². The number of hydrogen-bond acceptors (Lipinski definition) is 5. The summed E-state index contributed by atoms with van der Waals surface area (Å²) in [6.45, 7) is 3.96. The van der Waals surface area contributed by atoms with E-state index in [1.54, 1.807) is 6.08 Å². The van der Waals surface area contributed by atoms with E-state index in [2.05, 4.69) is 128 Å². The van der Waals surface area contributed by atoms with Crippen molar-refractivity contribution in [2.45, 2.75) is 0 Å². The second kappa shape index (κ2) is 13.0. The highest BCUT2D eigenvalue weighted by atomic mass is 32.1. The molecule has 0 aliphatic heterocycles. The number of fused-ring (bicyclic) bond motifs is 9. The van der Waals surface area contributed by atoms with E-state index in [0.29, 0.717) is 23.2 Å². The molecule has 3 heterocycles. The van der Waals surface area contributed by atoms with Crippen molar-refractivity contribution in [3.05, 3.63) is 182 Å². The van der Waals surface area contributed by atoms with Crippen LogP contribution in [0.5, 0.6) is 0 Å². The van der Waals surface area contributed by atoms with Crippen LogP contribution in [0.25, 0.3) is 115 Å². The standard InChI is InChI=1S/C51H31N3OS/c1-2-3-22-44-46(45-38(19-12-23-43(45)55-44)39-20-11-21-40-41-29-28-32-14-8-10-18-37(32)47(41)56-48(39)40)51-53-49(34-15-5-4-6-16-34)52-50(54-51)35-27-26-33-25-24-31-13-7-9-17-36(31)42(33)30-35/h2-30H,1H2/b22-3-. The van der Waals surface area contributed by atoms with Gasteiger partial charge in [0.05, 0.1) is 5.56 Å². The molecule has 0 aliphatic carbocycles. The van der Waals surface area contributed by atoms with Gasteiger partial charge in [-0.05, 0) is 56.1 Å². The van der Waals surface area contributed by atoms with E-state index in [-0.39, 0.29) is 0 Å². The lowest BCUT2D eigenvalue weighted by Gasteiger charge is -2.11. The highest BCUT2D eigenvalue weighted by Gasteiger charge is 2.24. The minimum absolute atomic E-state index is 0.538. The molecule has 0 bridgehead atoms. The van der Waals surface area contributed by atoms with E-state index in [4.69, 9.17) is 19.4 Å². The summed E-state index contributed by atoms with van der Waals surface area (Å²) >= 11 is 1.85. The van der Waals surface area contributed by atoms with Crippen molar-refractivity contribution in [3.8, 4) is 45.3 Å². The van der Waals surface area contributed by atoms with Crippen LogP contribution in [0.2, 0.25) is 0 Å². The molecule has 0 amide bonds. The van der Waals surface area contributed by atoms with E-state index < -0.39 is 0 Å². The average Bonchev–Trinajstić information content (AvgIpc) is 3.84. The molecule has 11 rings (SSSR count).